The molecular weight excluding hydrogens is 384 g/mol. The van der Waals surface area contributed by atoms with Gasteiger partial charge in [0.2, 0.25) is 5.91 Å². The van der Waals surface area contributed by atoms with Crippen LogP contribution >= 0.6 is 34.2 Å². The highest BCUT2D eigenvalue weighted by molar-refractivity contribution is 14.1. The number of hydrogen-bond donors (Lipinski definition) is 1. The van der Waals surface area contributed by atoms with E-state index in [4.69, 9.17) is 17.3 Å². The van der Waals surface area contributed by atoms with Gasteiger partial charge >= 0.3 is 0 Å². The molecule has 0 spiro atoms. The first kappa shape index (κ1) is 14.5. The smallest absolute Gasteiger partial charge is 0.294 e. The third kappa shape index (κ3) is 2.82. The average molecular weight is 396 g/mol. The number of halogens is 2. The normalized spacial score (nSPS) is 19.0. The Hall–Kier alpha value is -0.930. The van der Waals surface area contributed by atoms with Crippen LogP contribution in [0.2, 0.25) is 5.02 Å². The van der Waals surface area contributed by atoms with Gasteiger partial charge in [-0.2, -0.15) is 0 Å². The van der Waals surface area contributed by atoms with Crippen molar-refractivity contribution in [2.24, 2.45) is 11.7 Å². The lowest BCUT2D eigenvalue weighted by atomic mass is 10.1. The molecule has 0 aromatic heterocycles. The summed E-state index contributed by atoms with van der Waals surface area (Å²) in [7, 11) is 0. The minimum atomic E-state index is -0.503. The lowest BCUT2D eigenvalue weighted by molar-refractivity contribution is -0.384. The van der Waals surface area contributed by atoms with E-state index in [9.17, 15) is 14.9 Å². The van der Waals surface area contributed by atoms with Crippen molar-refractivity contribution in [1.82, 2.24) is 0 Å². The molecule has 1 aromatic carbocycles. The minimum absolute atomic E-state index is 0.0326. The first-order valence-electron chi connectivity index (χ1n) is 5.58. The van der Waals surface area contributed by atoms with E-state index >= 15 is 0 Å². The number of carbonyl (C=O) groups is 1. The number of anilines is 1. The molecule has 2 N–H and O–H groups in total. The van der Waals surface area contributed by atoms with Crippen LogP contribution in [-0.4, -0.2) is 23.9 Å². The Kier molecular flexibility index (Phi) is 4.26. The molecule has 1 amide bonds. The minimum Gasteiger partial charge on any atom is -0.330 e. The summed E-state index contributed by atoms with van der Waals surface area (Å²) in [5.41, 5.74) is 5.68. The van der Waals surface area contributed by atoms with Crippen LogP contribution in [0, 0.1) is 19.6 Å². The quantitative estimate of drug-likeness (QED) is 0.482. The molecule has 1 aliphatic rings. The second kappa shape index (κ2) is 5.59. The zero-order valence-corrected chi connectivity index (χ0v) is 12.7. The molecule has 1 atom stereocenters. The van der Waals surface area contributed by atoms with Crippen LogP contribution in [0.25, 0.3) is 0 Å². The first-order valence-corrected chi connectivity index (χ1v) is 7.03. The van der Waals surface area contributed by atoms with Gasteiger partial charge in [-0.05, 0) is 41.1 Å². The predicted octanol–water partition coefficient (Wildman–Crippen LogP) is 2.16. The summed E-state index contributed by atoms with van der Waals surface area (Å²) in [5, 5.41) is 11.5. The summed E-state index contributed by atoms with van der Waals surface area (Å²) < 4.78 is 0.580. The van der Waals surface area contributed by atoms with Crippen LogP contribution in [0.5, 0.6) is 0 Å². The highest BCUT2D eigenvalue weighted by atomic mass is 127. The van der Waals surface area contributed by atoms with Gasteiger partial charge in [-0.25, -0.2) is 0 Å². The van der Waals surface area contributed by atoms with E-state index in [0.29, 0.717) is 28.1 Å². The molecule has 102 valence electrons. The van der Waals surface area contributed by atoms with E-state index in [1.54, 1.807) is 0 Å². The molecule has 1 fully saturated rings. The van der Waals surface area contributed by atoms with Gasteiger partial charge in [0, 0.05) is 22.6 Å². The molecule has 1 heterocycles. The number of nitrogens with two attached hydrogens (primary N) is 1. The number of rotatable bonds is 3. The molecule has 19 heavy (non-hydrogen) atoms. The number of nitrogens with zero attached hydrogens (tertiary/aromatic N) is 2. The monoisotopic (exact) mass is 395 g/mol. The van der Waals surface area contributed by atoms with Gasteiger partial charge in [-0.15, -0.1) is 0 Å². The van der Waals surface area contributed by atoms with Crippen molar-refractivity contribution in [2.45, 2.75) is 6.42 Å². The zero-order chi connectivity index (χ0) is 14.2. The molecule has 0 aliphatic carbocycles. The van der Waals surface area contributed by atoms with E-state index in [-0.39, 0.29) is 23.2 Å². The van der Waals surface area contributed by atoms with Crippen molar-refractivity contribution >= 4 is 51.5 Å². The Labute approximate surface area is 128 Å². The number of nitro groups is 1. The standard InChI is InChI=1S/C11H11ClIN3O3/c12-7-2-9(10(16(18)19)3-8(7)13)15-5-6(4-14)1-11(15)17/h2-3,6H,1,4-5,14H2. The lowest BCUT2D eigenvalue weighted by Crippen LogP contribution is -2.26. The van der Waals surface area contributed by atoms with Crippen LogP contribution in [-0.2, 0) is 4.79 Å². The van der Waals surface area contributed by atoms with Gasteiger partial charge in [0.1, 0.15) is 5.69 Å². The Morgan fingerprint density at radius 1 is 1.58 bits per heavy atom. The predicted molar refractivity (Wildman–Crippen MR) is 80.3 cm³/mol. The average Bonchev–Trinajstić information content (AvgIpc) is 2.73. The number of nitro benzene ring substituents is 1. The maximum absolute atomic E-state index is 11.9. The molecule has 8 heteroatoms. The van der Waals surface area contributed by atoms with E-state index in [1.807, 2.05) is 22.6 Å². The zero-order valence-electron chi connectivity index (χ0n) is 9.81. The van der Waals surface area contributed by atoms with Crippen LogP contribution in [0.3, 0.4) is 0 Å². The van der Waals surface area contributed by atoms with Crippen LogP contribution in [0.4, 0.5) is 11.4 Å². The fraction of sp³-hybridized carbons (Fsp3) is 0.364. The highest BCUT2D eigenvalue weighted by Crippen LogP contribution is 2.37. The Morgan fingerprint density at radius 3 is 2.79 bits per heavy atom. The van der Waals surface area contributed by atoms with E-state index in [2.05, 4.69) is 0 Å². The van der Waals surface area contributed by atoms with Gasteiger partial charge in [-0.1, -0.05) is 11.6 Å². The third-order valence-electron chi connectivity index (χ3n) is 3.04. The van der Waals surface area contributed by atoms with Crippen molar-refractivity contribution < 1.29 is 9.72 Å². The SMILES string of the molecule is NCC1CC(=O)N(c2cc(Cl)c(I)cc2[N+](=O)[O-])C1. The molecule has 0 bridgehead atoms. The number of carbonyl (C=O) groups excluding carboxylic acids is 1. The maximum Gasteiger partial charge on any atom is 0.294 e. The molecule has 0 radical (unpaired) electrons. The molecule has 1 aliphatic heterocycles. The van der Waals surface area contributed by atoms with E-state index in [0.717, 1.165) is 0 Å². The van der Waals surface area contributed by atoms with Gasteiger partial charge in [0.25, 0.3) is 5.69 Å². The highest BCUT2D eigenvalue weighted by Gasteiger charge is 2.34. The van der Waals surface area contributed by atoms with Crippen molar-refractivity contribution in [3.8, 4) is 0 Å². The summed E-state index contributed by atoms with van der Waals surface area (Å²) in [4.78, 5) is 23.9. The van der Waals surface area contributed by atoms with Gasteiger partial charge in [-0.3, -0.25) is 14.9 Å². The van der Waals surface area contributed by atoms with E-state index in [1.165, 1.54) is 17.0 Å². The van der Waals surface area contributed by atoms with Crippen molar-refractivity contribution in [2.75, 3.05) is 18.0 Å². The summed E-state index contributed by atoms with van der Waals surface area (Å²) in [5.74, 6) is -0.124. The van der Waals surface area contributed by atoms with E-state index < -0.39 is 4.92 Å². The fourth-order valence-electron chi connectivity index (χ4n) is 2.06. The molecular formula is C11H11ClIN3O3. The molecule has 1 aromatic rings. The first-order chi connectivity index (χ1) is 8.93. The maximum atomic E-state index is 11.9. The van der Waals surface area contributed by atoms with Crippen molar-refractivity contribution in [3.05, 3.63) is 30.8 Å². The van der Waals surface area contributed by atoms with Gasteiger partial charge in [0.05, 0.1) is 9.95 Å². The second-order valence-corrected chi connectivity index (χ2v) is 5.89. The topological polar surface area (TPSA) is 89.5 Å². The fourth-order valence-corrected chi connectivity index (χ4v) is 2.67. The molecule has 1 unspecified atom stereocenters. The Morgan fingerprint density at radius 2 is 2.26 bits per heavy atom. The van der Waals surface area contributed by atoms with Crippen molar-refractivity contribution in [1.29, 1.82) is 0 Å². The summed E-state index contributed by atoms with van der Waals surface area (Å²) in [6.45, 7) is 0.779. The number of hydrogen-bond acceptors (Lipinski definition) is 4. The Balaban J connectivity index is 2.47. The van der Waals surface area contributed by atoms with Crippen LogP contribution in [0.1, 0.15) is 6.42 Å². The number of amides is 1. The molecule has 0 saturated carbocycles. The lowest BCUT2D eigenvalue weighted by Gasteiger charge is -2.17. The van der Waals surface area contributed by atoms with Crippen molar-refractivity contribution in [3.63, 3.8) is 0 Å². The van der Waals surface area contributed by atoms with Crippen LogP contribution in [0.15, 0.2) is 12.1 Å². The largest absolute Gasteiger partial charge is 0.330 e. The molecule has 1 saturated heterocycles. The van der Waals surface area contributed by atoms with Gasteiger partial charge < -0.3 is 10.6 Å². The molecule has 6 nitrogen and oxygen atoms in total. The van der Waals surface area contributed by atoms with Gasteiger partial charge in [0.15, 0.2) is 0 Å². The second-order valence-electron chi connectivity index (χ2n) is 4.32. The number of benzene rings is 1. The summed E-state index contributed by atoms with van der Waals surface area (Å²) in [6, 6.07) is 2.85. The van der Waals surface area contributed by atoms with Crippen LogP contribution < -0.4 is 10.6 Å². The summed E-state index contributed by atoms with van der Waals surface area (Å²) in [6.07, 6.45) is 0.317. The Bertz CT molecular complexity index is 552. The molecule has 2 rings (SSSR count). The summed E-state index contributed by atoms with van der Waals surface area (Å²) >= 11 is 7.91. The third-order valence-corrected chi connectivity index (χ3v) is 4.57.